The first-order valence-electron chi connectivity index (χ1n) is 9.91. The maximum Gasteiger partial charge on any atom is 0.314 e. The lowest BCUT2D eigenvalue weighted by Gasteiger charge is -2.20. The summed E-state index contributed by atoms with van der Waals surface area (Å²) in [6.45, 7) is 1.58. The average Bonchev–Trinajstić information content (AvgIpc) is 3.48. The fraction of sp³-hybridized carbons (Fsp3) is 0.217. The maximum absolute atomic E-state index is 13.0. The molecule has 0 saturated heterocycles. The monoisotopic (exact) mass is 435 g/mol. The molecule has 0 aliphatic carbocycles. The van der Waals surface area contributed by atoms with Gasteiger partial charge < -0.3 is 13.9 Å². The summed E-state index contributed by atoms with van der Waals surface area (Å²) in [7, 11) is 1.41. The molecule has 1 atom stereocenters. The van der Waals surface area contributed by atoms with E-state index in [-0.39, 0.29) is 11.4 Å². The van der Waals surface area contributed by atoms with Gasteiger partial charge in [-0.3, -0.25) is 14.9 Å². The van der Waals surface area contributed by atoms with Crippen LogP contribution in [-0.4, -0.2) is 35.3 Å². The van der Waals surface area contributed by atoms with Crippen LogP contribution in [0.25, 0.3) is 0 Å². The Kier molecular flexibility index (Phi) is 5.89. The van der Waals surface area contributed by atoms with Crippen LogP contribution >= 0.6 is 0 Å². The number of hydrogen-bond acceptors (Lipinski definition) is 7. The Morgan fingerprint density at radius 2 is 2.03 bits per heavy atom. The molecule has 164 valence electrons. The van der Waals surface area contributed by atoms with Crippen LogP contribution in [0.4, 0.5) is 5.69 Å². The highest BCUT2D eigenvalue weighted by atomic mass is 16.6. The predicted octanol–water partition coefficient (Wildman–Crippen LogP) is 4.26. The van der Waals surface area contributed by atoms with E-state index in [1.807, 2.05) is 31.2 Å². The van der Waals surface area contributed by atoms with Crippen LogP contribution < -0.4 is 9.47 Å². The molecule has 0 N–H and O–H groups in total. The molecular formula is C23H21N3O6. The predicted molar refractivity (Wildman–Crippen MR) is 116 cm³/mol. The van der Waals surface area contributed by atoms with Gasteiger partial charge in [0.05, 0.1) is 30.1 Å². The molecule has 0 saturated carbocycles. The molecule has 32 heavy (non-hydrogen) atoms. The van der Waals surface area contributed by atoms with Gasteiger partial charge in [-0.1, -0.05) is 29.8 Å². The Balaban J connectivity index is 1.56. The molecule has 1 aromatic heterocycles. The van der Waals surface area contributed by atoms with Gasteiger partial charge in [-0.2, -0.15) is 5.10 Å². The molecule has 9 nitrogen and oxygen atoms in total. The van der Waals surface area contributed by atoms with Crippen LogP contribution in [0.5, 0.6) is 11.5 Å². The molecule has 0 fully saturated rings. The lowest BCUT2D eigenvalue weighted by molar-refractivity contribution is -0.385. The van der Waals surface area contributed by atoms with Gasteiger partial charge >= 0.3 is 5.69 Å². The summed E-state index contributed by atoms with van der Waals surface area (Å²) in [5.41, 5.74) is 2.49. The molecule has 2 heterocycles. The fourth-order valence-electron chi connectivity index (χ4n) is 3.46. The average molecular weight is 435 g/mol. The number of ether oxygens (including phenoxy) is 2. The zero-order chi connectivity index (χ0) is 22.7. The zero-order valence-corrected chi connectivity index (χ0v) is 17.6. The molecule has 1 unspecified atom stereocenters. The molecule has 4 rings (SSSR count). The van der Waals surface area contributed by atoms with Gasteiger partial charge in [0.25, 0.3) is 5.91 Å². The smallest absolute Gasteiger partial charge is 0.314 e. The molecule has 1 aliphatic heterocycles. The van der Waals surface area contributed by atoms with Crippen LogP contribution in [-0.2, 0) is 4.79 Å². The lowest BCUT2D eigenvalue weighted by Crippen LogP contribution is -2.31. The number of methoxy groups -OCH3 is 1. The third kappa shape index (κ3) is 4.31. The molecule has 0 radical (unpaired) electrons. The highest BCUT2D eigenvalue weighted by Gasteiger charge is 2.35. The van der Waals surface area contributed by atoms with E-state index < -0.39 is 23.5 Å². The quantitative estimate of drug-likeness (QED) is 0.405. The number of nitro benzene ring substituents is 1. The Labute approximate surface area is 184 Å². The van der Waals surface area contributed by atoms with Crippen molar-refractivity contribution in [2.45, 2.75) is 19.4 Å². The number of aryl methyl sites for hydroxylation is 1. The van der Waals surface area contributed by atoms with Crippen molar-refractivity contribution >= 4 is 17.3 Å². The molecule has 1 amide bonds. The molecule has 0 spiro atoms. The number of carbonyl (C=O) groups excluding carboxylic acids is 1. The minimum atomic E-state index is -0.586. The van der Waals surface area contributed by atoms with E-state index in [0.717, 1.165) is 16.8 Å². The third-order valence-electron chi connectivity index (χ3n) is 5.14. The van der Waals surface area contributed by atoms with Gasteiger partial charge in [0.2, 0.25) is 0 Å². The van der Waals surface area contributed by atoms with Crippen molar-refractivity contribution in [3.05, 3.63) is 87.9 Å². The minimum absolute atomic E-state index is 0.0272. The Morgan fingerprint density at radius 1 is 1.25 bits per heavy atom. The number of nitro groups is 1. The van der Waals surface area contributed by atoms with Crippen molar-refractivity contribution in [2.75, 3.05) is 13.7 Å². The van der Waals surface area contributed by atoms with Crippen molar-refractivity contribution in [2.24, 2.45) is 5.10 Å². The van der Waals surface area contributed by atoms with E-state index in [1.165, 1.54) is 30.3 Å². The second-order valence-electron chi connectivity index (χ2n) is 7.27. The van der Waals surface area contributed by atoms with E-state index in [0.29, 0.717) is 17.9 Å². The standard InChI is InChI=1S/C23H21N3O6/c1-15-5-7-16(8-6-15)18-13-19(21-4-3-11-31-21)25(24-18)23(27)14-32-22-10-9-17(30-2)12-20(22)26(28)29/h3-12,19H,13-14H2,1-2H3. The highest BCUT2D eigenvalue weighted by Crippen LogP contribution is 2.34. The number of carbonyl (C=O) groups is 1. The zero-order valence-electron chi connectivity index (χ0n) is 17.6. The summed E-state index contributed by atoms with van der Waals surface area (Å²) in [6.07, 6.45) is 2.02. The van der Waals surface area contributed by atoms with E-state index in [1.54, 1.807) is 18.4 Å². The largest absolute Gasteiger partial charge is 0.496 e. The first-order valence-corrected chi connectivity index (χ1v) is 9.91. The van der Waals surface area contributed by atoms with Crippen LogP contribution in [0, 0.1) is 17.0 Å². The second-order valence-corrected chi connectivity index (χ2v) is 7.27. The number of furan rings is 1. The summed E-state index contributed by atoms with van der Waals surface area (Å²) in [5, 5.41) is 17.2. The van der Waals surface area contributed by atoms with Crippen molar-refractivity contribution in [1.82, 2.24) is 5.01 Å². The van der Waals surface area contributed by atoms with E-state index in [9.17, 15) is 14.9 Å². The van der Waals surface area contributed by atoms with E-state index in [2.05, 4.69) is 5.10 Å². The Morgan fingerprint density at radius 3 is 2.69 bits per heavy atom. The van der Waals surface area contributed by atoms with Gasteiger partial charge in [-0.05, 0) is 36.8 Å². The number of rotatable bonds is 7. The summed E-state index contributed by atoms with van der Waals surface area (Å²) in [5.74, 6) is 0.444. The summed E-state index contributed by atoms with van der Waals surface area (Å²) >= 11 is 0. The number of hydrogen-bond donors (Lipinski definition) is 0. The van der Waals surface area contributed by atoms with Crippen molar-refractivity contribution in [1.29, 1.82) is 0 Å². The van der Waals surface area contributed by atoms with Crippen LogP contribution in [0.1, 0.15) is 29.3 Å². The normalized spacial score (nSPS) is 15.4. The van der Waals surface area contributed by atoms with Crippen LogP contribution in [0.3, 0.4) is 0 Å². The maximum atomic E-state index is 13.0. The minimum Gasteiger partial charge on any atom is -0.496 e. The first kappa shape index (κ1) is 21.1. The Bertz CT molecular complexity index is 1150. The van der Waals surface area contributed by atoms with E-state index in [4.69, 9.17) is 13.9 Å². The molecule has 3 aromatic rings. The highest BCUT2D eigenvalue weighted by molar-refractivity contribution is 6.03. The first-order chi connectivity index (χ1) is 15.5. The third-order valence-corrected chi connectivity index (χ3v) is 5.14. The summed E-state index contributed by atoms with van der Waals surface area (Å²) in [6, 6.07) is 15.2. The van der Waals surface area contributed by atoms with E-state index >= 15 is 0 Å². The topological polar surface area (TPSA) is 107 Å². The van der Waals surface area contributed by atoms with Gasteiger partial charge in [0.1, 0.15) is 17.6 Å². The van der Waals surface area contributed by atoms with Crippen molar-refractivity contribution in [3.63, 3.8) is 0 Å². The number of nitrogens with zero attached hydrogens (tertiary/aromatic N) is 3. The number of amides is 1. The molecule has 9 heteroatoms. The van der Waals surface area contributed by atoms with Crippen molar-refractivity contribution in [3.8, 4) is 11.5 Å². The lowest BCUT2D eigenvalue weighted by atomic mass is 10.0. The Hall–Kier alpha value is -4.14. The summed E-state index contributed by atoms with van der Waals surface area (Å²) in [4.78, 5) is 23.8. The SMILES string of the molecule is COc1ccc(OCC(=O)N2N=C(c3ccc(C)cc3)CC2c2ccco2)c([N+](=O)[O-])c1. The fourth-order valence-corrected chi connectivity index (χ4v) is 3.46. The van der Waals surface area contributed by atoms with Gasteiger partial charge in [0, 0.05) is 6.42 Å². The second kappa shape index (κ2) is 8.93. The molecule has 2 aromatic carbocycles. The van der Waals surface area contributed by atoms with Crippen LogP contribution in [0.2, 0.25) is 0 Å². The summed E-state index contributed by atoms with van der Waals surface area (Å²) < 4.78 is 16.1. The van der Waals surface area contributed by atoms with Crippen LogP contribution in [0.15, 0.2) is 70.4 Å². The molecular weight excluding hydrogens is 414 g/mol. The molecule has 1 aliphatic rings. The molecule has 0 bridgehead atoms. The van der Waals surface area contributed by atoms with Gasteiger partial charge in [0.15, 0.2) is 12.4 Å². The van der Waals surface area contributed by atoms with Gasteiger partial charge in [-0.25, -0.2) is 5.01 Å². The number of hydrazone groups is 1. The number of benzene rings is 2. The van der Waals surface area contributed by atoms with Gasteiger partial charge in [-0.15, -0.1) is 0 Å². The van der Waals surface area contributed by atoms with Crippen molar-refractivity contribution < 1.29 is 23.6 Å².